The van der Waals surface area contributed by atoms with Gasteiger partial charge in [-0.3, -0.25) is 14.5 Å². The topological polar surface area (TPSA) is 66.1 Å². The number of H-pyrrole nitrogens is 1. The van der Waals surface area contributed by atoms with Crippen molar-refractivity contribution in [3.8, 4) is 0 Å². The molecule has 2 heterocycles. The van der Waals surface area contributed by atoms with Gasteiger partial charge in [0.15, 0.2) is 0 Å². The number of rotatable bonds is 2. The number of likely N-dealkylation sites (tertiary alicyclic amines) is 1. The third kappa shape index (κ3) is 1.66. The third-order valence-corrected chi connectivity index (χ3v) is 3.80. The number of nitrogens with one attached hydrogen (secondary N) is 1. The fourth-order valence-electron chi connectivity index (χ4n) is 2.92. The van der Waals surface area contributed by atoms with Crippen molar-refractivity contribution in [2.45, 2.75) is 32.2 Å². The number of fused-ring (bicyclic) bond motifs is 1. The number of hydrogen-bond acceptors (Lipinski definition) is 3. The molecule has 2 atom stereocenters. The number of carbonyl (C=O) groups is 2. The lowest BCUT2D eigenvalue weighted by atomic mass is 9.81. The number of imidazole rings is 1. The molecule has 1 aliphatic heterocycles. The highest BCUT2D eigenvalue weighted by atomic mass is 16.2. The van der Waals surface area contributed by atoms with E-state index in [1.165, 1.54) is 4.90 Å². The van der Waals surface area contributed by atoms with Crippen LogP contribution in [0.15, 0.2) is 12.4 Å². The van der Waals surface area contributed by atoms with Gasteiger partial charge in [0, 0.05) is 12.4 Å². The van der Waals surface area contributed by atoms with Crippen molar-refractivity contribution < 1.29 is 9.59 Å². The molecule has 3 rings (SSSR count). The molecule has 5 heteroatoms. The summed E-state index contributed by atoms with van der Waals surface area (Å²) in [5.74, 6) is 0.537. The molecule has 1 N–H and O–H groups in total. The summed E-state index contributed by atoms with van der Waals surface area (Å²) in [6.45, 7) is 0.289. The lowest BCUT2D eigenvalue weighted by Gasteiger charge is -2.19. The first-order chi connectivity index (χ1) is 8.27. The Morgan fingerprint density at radius 1 is 1.24 bits per heavy atom. The lowest BCUT2D eigenvalue weighted by Crippen LogP contribution is -2.30. The standard InChI is InChI=1S/C12H15N3O2/c16-11-8-3-1-2-4-9(8)12(17)15(11)7-10-13-5-6-14-10/h5-6,8-9H,1-4,7H2,(H,13,14). The van der Waals surface area contributed by atoms with E-state index >= 15 is 0 Å². The fraction of sp³-hybridized carbons (Fsp3) is 0.583. The molecule has 2 amide bonds. The molecule has 2 fully saturated rings. The van der Waals surface area contributed by atoms with Crippen LogP contribution in [0.4, 0.5) is 0 Å². The van der Waals surface area contributed by atoms with E-state index in [0.717, 1.165) is 25.7 Å². The Balaban J connectivity index is 1.81. The van der Waals surface area contributed by atoms with Crippen LogP contribution in [0.2, 0.25) is 0 Å². The van der Waals surface area contributed by atoms with Crippen LogP contribution in [-0.4, -0.2) is 26.7 Å². The molecular weight excluding hydrogens is 218 g/mol. The summed E-state index contributed by atoms with van der Waals surface area (Å²) in [5.41, 5.74) is 0. The van der Waals surface area contributed by atoms with E-state index in [1.807, 2.05) is 0 Å². The number of amides is 2. The second-order valence-electron chi connectivity index (χ2n) is 4.80. The summed E-state index contributed by atoms with van der Waals surface area (Å²) >= 11 is 0. The molecule has 0 bridgehead atoms. The Morgan fingerprint density at radius 2 is 1.88 bits per heavy atom. The number of carbonyl (C=O) groups excluding carboxylic acids is 2. The van der Waals surface area contributed by atoms with Crippen LogP contribution in [0, 0.1) is 11.8 Å². The van der Waals surface area contributed by atoms with Crippen LogP contribution in [-0.2, 0) is 16.1 Å². The smallest absolute Gasteiger partial charge is 0.233 e. The molecule has 1 aromatic rings. The Kier molecular flexibility index (Phi) is 2.46. The molecule has 2 unspecified atom stereocenters. The maximum absolute atomic E-state index is 12.1. The van der Waals surface area contributed by atoms with Crippen molar-refractivity contribution in [3.05, 3.63) is 18.2 Å². The molecule has 2 aliphatic rings. The largest absolute Gasteiger partial charge is 0.347 e. The van der Waals surface area contributed by atoms with Crippen molar-refractivity contribution >= 4 is 11.8 Å². The molecule has 5 nitrogen and oxygen atoms in total. The fourth-order valence-corrected chi connectivity index (χ4v) is 2.92. The maximum atomic E-state index is 12.1. The van der Waals surface area contributed by atoms with Gasteiger partial charge < -0.3 is 4.98 Å². The zero-order valence-electron chi connectivity index (χ0n) is 9.56. The zero-order valence-corrected chi connectivity index (χ0v) is 9.56. The summed E-state index contributed by atoms with van der Waals surface area (Å²) in [7, 11) is 0. The second-order valence-corrected chi connectivity index (χ2v) is 4.80. The maximum Gasteiger partial charge on any atom is 0.233 e. The van der Waals surface area contributed by atoms with Gasteiger partial charge in [-0.25, -0.2) is 4.98 Å². The first-order valence-corrected chi connectivity index (χ1v) is 6.11. The minimum atomic E-state index is -0.0637. The van der Waals surface area contributed by atoms with Gasteiger partial charge in [0.25, 0.3) is 0 Å². The van der Waals surface area contributed by atoms with E-state index in [-0.39, 0.29) is 30.2 Å². The van der Waals surface area contributed by atoms with Crippen molar-refractivity contribution in [2.75, 3.05) is 0 Å². The summed E-state index contributed by atoms with van der Waals surface area (Å²) in [4.78, 5) is 32.6. The van der Waals surface area contributed by atoms with Crippen LogP contribution < -0.4 is 0 Å². The quantitative estimate of drug-likeness (QED) is 0.777. The van der Waals surface area contributed by atoms with Gasteiger partial charge in [-0.05, 0) is 12.8 Å². The van der Waals surface area contributed by atoms with Crippen molar-refractivity contribution in [2.24, 2.45) is 11.8 Å². The molecule has 1 aliphatic carbocycles. The van der Waals surface area contributed by atoms with E-state index in [4.69, 9.17) is 0 Å². The normalized spacial score (nSPS) is 28.6. The average molecular weight is 233 g/mol. The lowest BCUT2D eigenvalue weighted by molar-refractivity contribution is -0.140. The SMILES string of the molecule is O=C1C2CCCCC2C(=O)N1Cc1ncc[nH]1. The van der Waals surface area contributed by atoms with Crippen LogP contribution in [0.5, 0.6) is 0 Å². The Bertz CT molecular complexity index is 417. The van der Waals surface area contributed by atoms with Gasteiger partial charge >= 0.3 is 0 Å². The number of aromatic amines is 1. The van der Waals surface area contributed by atoms with Crippen molar-refractivity contribution in [3.63, 3.8) is 0 Å². The van der Waals surface area contributed by atoms with E-state index < -0.39 is 0 Å². The zero-order chi connectivity index (χ0) is 11.8. The van der Waals surface area contributed by atoms with E-state index in [9.17, 15) is 9.59 Å². The Morgan fingerprint density at radius 3 is 2.41 bits per heavy atom. The van der Waals surface area contributed by atoms with Crippen LogP contribution in [0.1, 0.15) is 31.5 Å². The minimum absolute atomic E-state index is 0.00361. The Labute approximate surface area is 99.2 Å². The number of imide groups is 1. The monoisotopic (exact) mass is 233 g/mol. The predicted octanol–water partition coefficient (Wildman–Crippen LogP) is 1.08. The van der Waals surface area contributed by atoms with Crippen LogP contribution >= 0.6 is 0 Å². The highest BCUT2D eigenvalue weighted by Gasteiger charge is 2.48. The second kappa shape index (κ2) is 3.98. The van der Waals surface area contributed by atoms with Crippen LogP contribution in [0.3, 0.4) is 0 Å². The number of aromatic nitrogens is 2. The molecule has 1 aromatic heterocycles. The third-order valence-electron chi connectivity index (χ3n) is 3.80. The van der Waals surface area contributed by atoms with Gasteiger partial charge in [0.05, 0.1) is 18.4 Å². The highest BCUT2D eigenvalue weighted by molar-refractivity contribution is 6.05. The molecule has 17 heavy (non-hydrogen) atoms. The molecule has 0 spiro atoms. The van der Waals surface area contributed by atoms with Crippen molar-refractivity contribution in [1.82, 2.24) is 14.9 Å². The summed E-state index contributed by atoms with van der Waals surface area (Å²) in [5, 5.41) is 0. The molecule has 1 saturated carbocycles. The summed E-state index contributed by atoms with van der Waals surface area (Å²) in [6.07, 6.45) is 7.19. The minimum Gasteiger partial charge on any atom is -0.347 e. The number of nitrogens with zero attached hydrogens (tertiary/aromatic N) is 2. The van der Waals surface area contributed by atoms with Gasteiger partial charge in [-0.1, -0.05) is 12.8 Å². The van der Waals surface area contributed by atoms with Gasteiger partial charge in [0.1, 0.15) is 5.82 Å². The predicted molar refractivity (Wildman–Crippen MR) is 59.6 cm³/mol. The van der Waals surface area contributed by atoms with Crippen molar-refractivity contribution in [1.29, 1.82) is 0 Å². The van der Waals surface area contributed by atoms with Crippen LogP contribution in [0.25, 0.3) is 0 Å². The molecular formula is C12H15N3O2. The van der Waals surface area contributed by atoms with Gasteiger partial charge in [-0.2, -0.15) is 0 Å². The average Bonchev–Trinajstić information content (AvgIpc) is 2.94. The summed E-state index contributed by atoms with van der Waals surface area (Å²) < 4.78 is 0. The van der Waals surface area contributed by atoms with E-state index in [0.29, 0.717) is 5.82 Å². The first kappa shape index (κ1) is 10.5. The first-order valence-electron chi connectivity index (χ1n) is 6.11. The summed E-state index contributed by atoms with van der Waals surface area (Å²) in [6, 6.07) is 0. The molecule has 90 valence electrons. The van der Waals surface area contributed by atoms with E-state index in [2.05, 4.69) is 9.97 Å². The van der Waals surface area contributed by atoms with Gasteiger partial charge in [-0.15, -0.1) is 0 Å². The van der Waals surface area contributed by atoms with Gasteiger partial charge in [0.2, 0.25) is 11.8 Å². The van der Waals surface area contributed by atoms with E-state index in [1.54, 1.807) is 12.4 Å². The molecule has 0 aromatic carbocycles. The molecule has 0 radical (unpaired) electrons. The Hall–Kier alpha value is -1.65. The molecule has 1 saturated heterocycles. The number of hydrogen-bond donors (Lipinski definition) is 1. The highest BCUT2D eigenvalue weighted by Crippen LogP contribution is 2.38.